The molecule has 0 aromatic heterocycles. The van der Waals surface area contributed by atoms with Crippen LogP contribution < -0.4 is 9.64 Å². The fourth-order valence-electron chi connectivity index (χ4n) is 4.32. The summed E-state index contributed by atoms with van der Waals surface area (Å²) in [7, 11) is 0. The highest BCUT2D eigenvalue weighted by atomic mass is 19.1. The summed E-state index contributed by atoms with van der Waals surface area (Å²) < 4.78 is 19.4. The van der Waals surface area contributed by atoms with Gasteiger partial charge in [-0.3, -0.25) is 9.59 Å². The zero-order chi connectivity index (χ0) is 22.8. The molecule has 1 atom stereocenters. The number of amides is 2. The van der Waals surface area contributed by atoms with Crippen LogP contribution in [0.2, 0.25) is 0 Å². The van der Waals surface area contributed by atoms with Crippen LogP contribution in [0.4, 0.5) is 10.1 Å². The smallest absolute Gasteiger partial charge is 0.282 e. The van der Waals surface area contributed by atoms with Crippen molar-refractivity contribution < 1.29 is 23.8 Å². The molecule has 2 aromatic carbocycles. The first-order valence-electron chi connectivity index (χ1n) is 10.9. The van der Waals surface area contributed by atoms with Crippen molar-refractivity contribution in [2.45, 2.75) is 32.8 Å². The quantitative estimate of drug-likeness (QED) is 0.698. The van der Waals surface area contributed by atoms with E-state index in [0.29, 0.717) is 35.8 Å². The predicted molar refractivity (Wildman–Crippen MR) is 119 cm³/mol. The molecular weight excluding hydrogens is 411 g/mol. The first kappa shape index (κ1) is 22.0. The number of anilines is 1. The van der Waals surface area contributed by atoms with Gasteiger partial charge in [-0.15, -0.1) is 0 Å². The van der Waals surface area contributed by atoms with Crippen LogP contribution in [0.1, 0.15) is 32.3 Å². The van der Waals surface area contributed by atoms with Gasteiger partial charge in [0.2, 0.25) is 0 Å². The summed E-state index contributed by atoms with van der Waals surface area (Å²) >= 11 is 0. The lowest BCUT2D eigenvalue weighted by atomic mass is 9.97. The van der Waals surface area contributed by atoms with Gasteiger partial charge < -0.3 is 14.7 Å². The molecule has 1 N–H and O–H groups in total. The molecule has 2 amide bonds. The first-order chi connectivity index (χ1) is 15.4. The Balaban J connectivity index is 1.81. The van der Waals surface area contributed by atoms with E-state index >= 15 is 0 Å². The highest BCUT2D eigenvalue weighted by Gasteiger charge is 2.44. The van der Waals surface area contributed by atoms with E-state index < -0.39 is 17.6 Å². The van der Waals surface area contributed by atoms with Gasteiger partial charge in [-0.2, -0.15) is 0 Å². The molecule has 0 bridgehead atoms. The van der Waals surface area contributed by atoms with E-state index in [0.717, 1.165) is 17.7 Å². The standard InChI is InChI=1S/C25H27FN2O4/c1-16(2)32-21-8-4-3-7-20(21)28-24(30)22(18-9-11-19(26)12-10-18)23(25(28)31)27-13-5-6-17(14-27)15-29/h3-4,7-12,16-17,29H,5-6,13-15H2,1-2H3. The first-order valence-corrected chi connectivity index (χ1v) is 10.9. The summed E-state index contributed by atoms with van der Waals surface area (Å²) in [4.78, 5) is 30.4. The predicted octanol–water partition coefficient (Wildman–Crippen LogP) is 3.60. The molecule has 2 aliphatic heterocycles. The maximum atomic E-state index is 13.7. The average molecular weight is 438 g/mol. The Morgan fingerprint density at radius 1 is 1.09 bits per heavy atom. The summed E-state index contributed by atoms with van der Waals surface area (Å²) in [5.74, 6) is -0.858. The van der Waals surface area contributed by atoms with Gasteiger partial charge in [-0.1, -0.05) is 24.3 Å². The van der Waals surface area contributed by atoms with Crippen molar-refractivity contribution in [2.75, 3.05) is 24.6 Å². The van der Waals surface area contributed by atoms with Crippen LogP contribution in [0.3, 0.4) is 0 Å². The molecule has 6 nitrogen and oxygen atoms in total. The van der Waals surface area contributed by atoms with Crippen LogP contribution in [-0.4, -0.2) is 47.6 Å². The van der Waals surface area contributed by atoms with E-state index in [9.17, 15) is 19.1 Å². The molecule has 0 spiro atoms. The summed E-state index contributed by atoms with van der Waals surface area (Å²) in [5.41, 5.74) is 1.39. The molecule has 1 saturated heterocycles. The number of nitrogens with zero attached hydrogens (tertiary/aromatic N) is 2. The Morgan fingerprint density at radius 2 is 1.81 bits per heavy atom. The largest absolute Gasteiger partial charge is 0.489 e. The van der Waals surface area contributed by atoms with Crippen molar-refractivity contribution in [3.8, 4) is 5.75 Å². The number of likely N-dealkylation sites (tertiary alicyclic amines) is 1. The van der Waals surface area contributed by atoms with Crippen molar-refractivity contribution in [3.63, 3.8) is 0 Å². The zero-order valence-corrected chi connectivity index (χ0v) is 18.3. The van der Waals surface area contributed by atoms with Crippen molar-refractivity contribution in [1.29, 1.82) is 0 Å². The number of carbonyl (C=O) groups is 2. The maximum Gasteiger partial charge on any atom is 0.282 e. The third-order valence-electron chi connectivity index (χ3n) is 5.75. The minimum atomic E-state index is -0.470. The van der Waals surface area contributed by atoms with E-state index in [1.807, 2.05) is 18.7 Å². The number of benzene rings is 2. The molecule has 0 aliphatic carbocycles. The Kier molecular flexibility index (Phi) is 6.28. The number of hydrogen-bond donors (Lipinski definition) is 1. The minimum Gasteiger partial charge on any atom is -0.489 e. The second-order valence-corrected chi connectivity index (χ2v) is 8.45. The Morgan fingerprint density at radius 3 is 2.50 bits per heavy atom. The molecule has 7 heteroatoms. The third-order valence-corrected chi connectivity index (χ3v) is 5.75. The number of rotatable bonds is 6. The second kappa shape index (κ2) is 9.12. The van der Waals surface area contributed by atoms with Crippen molar-refractivity contribution in [1.82, 2.24) is 4.90 Å². The van der Waals surface area contributed by atoms with Gasteiger partial charge in [0.25, 0.3) is 11.8 Å². The lowest BCUT2D eigenvalue weighted by molar-refractivity contribution is -0.121. The number of halogens is 1. The van der Waals surface area contributed by atoms with E-state index in [1.54, 1.807) is 24.3 Å². The fourth-order valence-corrected chi connectivity index (χ4v) is 4.32. The molecule has 2 aliphatic rings. The number of para-hydroxylation sites is 2. The van der Waals surface area contributed by atoms with Gasteiger partial charge in [0, 0.05) is 19.7 Å². The highest BCUT2D eigenvalue weighted by molar-refractivity contribution is 6.45. The number of piperidine rings is 1. The van der Waals surface area contributed by atoms with Gasteiger partial charge in [0.05, 0.1) is 17.4 Å². The molecule has 2 heterocycles. The molecular formula is C25H27FN2O4. The molecule has 0 saturated carbocycles. The third kappa shape index (κ3) is 4.12. The number of aliphatic hydroxyl groups excluding tert-OH is 1. The average Bonchev–Trinajstić information content (AvgIpc) is 3.04. The number of ether oxygens (including phenoxy) is 1. The molecule has 0 radical (unpaired) electrons. The summed E-state index contributed by atoms with van der Waals surface area (Å²) in [6, 6.07) is 12.6. The summed E-state index contributed by atoms with van der Waals surface area (Å²) in [6.45, 7) is 4.86. The topological polar surface area (TPSA) is 70.1 Å². The highest BCUT2D eigenvalue weighted by Crippen LogP contribution is 2.39. The van der Waals surface area contributed by atoms with E-state index in [2.05, 4.69) is 0 Å². The van der Waals surface area contributed by atoms with E-state index in [-0.39, 0.29) is 24.2 Å². The second-order valence-electron chi connectivity index (χ2n) is 8.45. The Labute approximate surface area is 186 Å². The Hall–Kier alpha value is -3.19. The molecule has 1 fully saturated rings. The Bertz CT molecular complexity index is 1050. The molecule has 168 valence electrons. The van der Waals surface area contributed by atoms with Crippen LogP contribution in [0.25, 0.3) is 5.57 Å². The lowest BCUT2D eigenvalue weighted by Crippen LogP contribution is -2.40. The monoisotopic (exact) mass is 438 g/mol. The lowest BCUT2D eigenvalue weighted by Gasteiger charge is -2.34. The van der Waals surface area contributed by atoms with E-state index in [4.69, 9.17) is 4.74 Å². The van der Waals surface area contributed by atoms with Gasteiger partial charge in [-0.25, -0.2) is 9.29 Å². The van der Waals surface area contributed by atoms with Crippen LogP contribution in [0.15, 0.2) is 54.2 Å². The van der Waals surface area contributed by atoms with Crippen LogP contribution in [0, 0.1) is 11.7 Å². The normalized spacial score (nSPS) is 19.3. The van der Waals surface area contributed by atoms with Gasteiger partial charge in [0.15, 0.2) is 0 Å². The molecule has 4 rings (SSSR count). The molecule has 2 aromatic rings. The number of imide groups is 1. The molecule has 1 unspecified atom stereocenters. The van der Waals surface area contributed by atoms with Crippen LogP contribution in [-0.2, 0) is 9.59 Å². The van der Waals surface area contributed by atoms with E-state index in [1.165, 1.54) is 24.3 Å². The van der Waals surface area contributed by atoms with Gasteiger partial charge >= 0.3 is 0 Å². The number of aliphatic hydroxyl groups is 1. The summed E-state index contributed by atoms with van der Waals surface area (Å²) in [6.07, 6.45) is 1.53. The maximum absolute atomic E-state index is 13.7. The SMILES string of the molecule is CC(C)Oc1ccccc1N1C(=O)C(c2ccc(F)cc2)=C(N2CCCC(CO)C2)C1=O. The van der Waals surface area contributed by atoms with Crippen molar-refractivity contribution in [3.05, 3.63) is 65.6 Å². The van der Waals surface area contributed by atoms with Crippen molar-refractivity contribution in [2.24, 2.45) is 5.92 Å². The van der Waals surface area contributed by atoms with Crippen LogP contribution >= 0.6 is 0 Å². The zero-order valence-electron chi connectivity index (χ0n) is 18.3. The van der Waals surface area contributed by atoms with Crippen LogP contribution in [0.5, 0.6) is 5.75 Å². The van der Waals surface area contributed by atoms with Gasteiger partial charge in [0.1, 0.15) is 17.3 Å². The number of hydrogen-bond acceptors (Lipinski definition) is 5. The van der Waals surface area contributed by atoms with Gasteiger partial charge in [-0.05, 0) is 62.4 Å². The summed E-state index contributed by atoms with van der Waals surface area (Å²) in [5, 5.41) is 9.67. The van der Waals surface area contributed by atoms with Crippen molar-refractivity contribution >= 4 is 23.1 Å². The fraction of sp³-hybridized carbons (Fsp3) is 0.360. The minimum absolute atomic E-state index is 0.0204. The molecule has 32 heavy (non-hydrogen) atoms. The number of carbonyl (C=O) groups excluding carboxylic acids is 2.